The van der Waals surface area contributed by atoms with Crippen LogP contribution in [0.2, 0.25) is 5.28 Å². The summed E-state index contributed by atoms with van der Waals surface area (Å²) in [6.45, 7) is 4.60. The van der Waals surface area contributed by atoms with Crippen molar-refractivity contribution in [1.29, 1.82) is 0 Å². The lowest BCUT2D eigenvalue weighted by atomic mass is 9.96. The minimum atomic E-state index is 1.06. The van der Waals surface area contributed by atoms with Crippen molar-refractivity contribution in [2.45, 2.75) is 51.2 Å². The molecule has 1 heteroatoms. The van der Waals surface area contributed by atoms with Gasteiger partial charge in [-0.25, -0.2) is 0 Å². The molecule has 0 rings (SSSR count). The Labute approximate surface area is 73.8 Å². The van der Waals surface area contributed by atoms with Gasteiger partial charge in [-0.05, 0) is 5.92 Å². The van der Waals surface area contributed by atoms with Crippen LogP contribution in [0, 0.1) is 5.92 Å². The van der Waals surface area contributed by atoms with Crippen LogP contribution >= 0.6 is 0 Å². The summed E-state index contributed by atoms with van der Waals surface area (Å²) in [5, 5.41) is 1.50. The number of rotatable bonds is 6. The molecule has 0 saturated heterocycles. The van der Waals surface area contributed by atoms with Crippen LogP contribution < -0.4 is 0 Å². The van der Waals surface area contributed by atoms with Crippen molar-refractivity contribution in [3.63, 3.8) is 0 Å². The summed E-state index contributed by atoms with van der Waals surface area (Å²) >= 11 is 1.40. The predicted molar refractivity (Wildman–Crippen MR) is 51.3 cm³/mol. The molecule has 0 aliphatic heterocycles. The highest BCUT2D eigenvalue weighted by molar-refractivity contribution is 6.08. The molecule has 0 atom stereocenters. The van der Waals surface area contributed by atoms with Gasteiger partial charge in [-0.1, -0.05) is 46.0 Å². The molecule has 0 nitrogen and oxygen atoms in total. The van der Waals surface area contributed by atoms with Gasteiger partial charge in [-0.3, -0.25) is 0 Å². The Kier molecular flexibility index (Phi) is 8.04. The van der Waals surface area contributed by atoms with Gasteiger partial charge in [0.1, 0.15) is 0 Å². The molecule has 0 N–H and O–H groups in total. The van der Waals surface area contributed by atoms with Crippen molar-refractivity contribution in [1.82, 2.24) is 0 Å². The highest BCUT2D eigenvalue weighted by Crippen LogP contribution is 2.18. The lowest BCUT2D eigenvalue weighted by Gasteiger charge is -2.12. The van der Waals surface area contributed by atoms with Gasteiger partial charge in [0.2, 0.25) is 16.3 Å². The smallest absolute Gasteiger partial charge is 0.101 e. The van der Waals surface area contributed by atoms with Crippen LogP contribution in [0.4, 0.5) is 0 Å². The summed E-state index contributed by atoms with van der Waals surface area (Å²) in [7, 11) is 0. The second-order valence-corrected chi connectivity index (χ2v) is 4.23. The first kappa shape index (κ1) is 10.5. The second-order valence-electron chi connectivity index (χ2n) is 3.23. The molecule has 0 saturated carbocycles. The molecule has 0 aromatic heterocycles. The van der Waals surface area contributed by atoms with Crippen molar-refractivity contribution in [3.05, 3.63) is 0 Å². The van der Waals surface area contributed by atoms with E-state index in [4.69, 9.17) is 0 Å². The van der Waals surface area contributed by atoms with Crippen LogP contribution in [0.5, 0.6) is 0 Å². The van der Waals surface area contributed by atoms with Gasteiger partial charge >= 0.3 is 0 Å². The molecule has 0 aromatic carbocycles. The average Bonchev–Trinajstić information content (AvgIpc) is 1.90. The highest BCUT2D eigenvalue weighted by atomic mass is 27.0. The first-order valence-electron chi connectivity index (χ1n) is 4.85. The normalized spacial score (nSPS) is 10.7. The van der Waals surface area contributed by atoms with E-state index in [1.807, 2.05) is 0 Å². The minimum Gasteiger partial charge on any atom is -0.101 e. The molecule has 0 spiro atoms. The zero-order valence-corrected chi connectivity index (χ0v) is 9.82. The van der Waals surface area contributed by atoms with Crippen LogP contribution in [0.25, 0.3) is 0 Å². The van der Waals surface area contributed by atoms with Crippen LogP contribution in [0.15, 0.2) is 0 Å². The Morgan fingerprint density at radius 2 is 1.50 bits per heavy atom. The van der Waals surface area contributed by atoms with Gasteiger partial charge in [0.15, 0.2) is 0 Å². The fourth-order valence-corrected chi connectivity index (χ4v) is 2.47. The number of hydrogen-bond acceptors (Lipinski definition) is 0. The molecule has 0 bridgehead atoms. The molecule has 60 valence electrons. The third kappa shape index (κ3) is 5.33. The predicted octanol–water partition coefficient (Wildman–Crippen LogP) is 2.64. The monoisotopic (exact) mass is 156 g/mol. The van der Waals surface area contributed by atoms with E-state index < -0.39 is 0 Å². The van der Waals surface area contributed by atoms with Crippen molar-refractivity contribution in [3.8, 4) is 0 Å². The Morgan fingerprint density at radius 3 is 1.80 bits per heavy atom. The molecular weight excluding hydrogens is 135 g/mol. The highest BCUT2D eigenvalue weighted by Gasteiger charge is 2.03. The third-order valence-corrected chi connectivity index (χ3v) is 2.67. The molecule has 0 fully saturated rings. The molecule has 0 aliphatic carbocycles. The van der Waals surface area contributed by atoms with E-state index in [1.54, 1.807) is 0 Å². The van der Waals surface area contributed by atoms with Crippen LogP contribution in [-0.4, -0.2) is 16.3 Å². The summed E-state index contributed by atoms with van der Waals surface area (Å²) in [5.74, 6) is 1.06. The van der Waals surface area contributed by atoms with Gasteiger partial charge < -0.3 is 0 Å². The molecule has 0 aromatic rings. The van der Waals surface area contributed by atoms with E-state index >= 15 is 0 Å². The zero-order chi connectivity index (χ0) is 7.82. The topological polar surface area (TPSA) is 0 Å². The maximum absolute atomic E-state index is 2.30. The van der Waals surface area contributed by atoms with Crippen molar-refractivity contribution >= 4 is 16.3 Å². The SMILES string of the molecule is CCCC(CCC)C[CH2][AlH2]. The second kappa shape index (κ2) is 7.64. The quantitative estimate of drug-likeness (QED) is 0.519. The summed E-state index contributed by atoms with van der Waals surface area (Å²) in [4.78, 5) is 0. The summed E-state index contributed by atoms with van der Waals surface area (Å²) < 4.78 is 0. The van der Waals surface area contributed by atoms with E-state index in [9.17, 15) is 0 Å². The molecule has 0 amide bonds. The Morgan fingerprint density at radius 1 is 1.00 bits per heavy atom. The number of hydrogen-bond donors (Lipinski definition) is 0. The fraction of sp³-hybridized carbons (Fsp3) is 1.00. The molecule has 10 heavy (non-hydrogen) atoms. The van der Waals surface area contributed by atoms with E-state index in [2.05, 4.69) is 13.8 Å². The molecule has 0 aliphatic rings. The molecule has 0 heterocycles. The lowest BCUT2D eigenvalue weighted by Crippen LogP contribution is -1.98. The Balaban J connectivity index is 3.30. The van der Waals surface area contributed by atoms with Gasteiger partial charge in [0.25, 0.3) is 0 Å². The fourth-order valence-electron chi connectivity index (χ4n) is 1.66. The average molecular weight is 156 g/mol. The van der Waals surface area contributed by atoms with Crippen LogP contribution in [0.3, 0.4) is 0 Å². The third-order valence-electron chi connectivity index (χ3n) is 2.09. The van der Waals surface area contributed by atoms with E-state index in [0.717, 1.165) is 5.92 Å². The van der Waals surface area contributed by atoms with Crippen molar-refractivity contribution in [2.75, 3.05) is 0 Å². The van der Waals surface area contributed by atoms with E-state index in [-0.39, 0.29) is 0 Å². The van der Waals surface area contributed by atoms with Crippen molar-refractivity contribution < 1.29 is 0 Å². The van der Waals surface area contributed by atoms with Gasteiger partial charge in [-0.2, -0.15) is 0 Å². The molecule has 0 unspecified atom stereocenters. The van der Waals surface area contributed by atoms with Gasteiger partial charge in [0, 0.05) is 0 Å². The molecule has 0 radical (unpaired) electrons. The lowest BCUT2D eigenvalue weighted by molar-refractivity contribution is 0.428. The van der Waals surface area contributed by atoms with Crippen LogP contribution in [0.1, 0.15) is 46.0 Å². The van der Waals surface area contributed by atoms with Gasteiger partial charge in [0.05, 0.1) is 0 Å². The van der Waals surface area contributed by atoms with E-state index in [0.29, 0.717) is 0 Å². The zero-order valence-electron chi connectivity index (χ0n) is 7.82. The minimum absolute atomic E-state index is 1.06. The summed E-state index contributed by atoms with van der Waals surface area (Å²) in [6, 6.07) is 0. The largest absolute Gasteiger partial charge is 0.211 e. The summed E-state index contributed by atoms with van der Waals surface area (Å²) in [6.07, 6.45) is 7.21. The first-order chi connectivity index (χ1) is 4.85. The van der Waals surface area contributed by atoms with Crippen molar-refractivity contribution in [2.24, 2.45) is 5.92 Å². The Bertz CT molecular complexity index is 47.5. The standard InChI is InChI=1S/C9H19.Al.2H/c1-4-7-9(6-3)8-5-2;;;/h9H,3-8H2,1-2H3;;;. The summed E-state index contributed by atoms with van der Waals surface area (Å²) in [5.41, 5.74) is 0. The molecular formula is C9H21Al. The Hall–Kier alpha value is 0.532. The van der Waals surface area contributed by atoms with Crippen LogP contribution in [-0.2, 0) is 0 Å². The van der Waals surface area contributed by atoms with Gasteiger partial charge in [-0.15, -0.1) is 5.28 Å². The maximum atomic E-state index is 2.30. The first-order valence-corrected chi connectivity index (χ1v) is 6.26. The maximum Gasteiger partial charge on any atom is 0.211 e. The van der Waals surface area contributed by atoms with E-state index in [1.165, 1.54) is 53.7 Å².